The number of rotatable bonds is 4. The molecule has 0 bridgehead atoms. The molecule has 0 radical (unpaired) electrons. The van der Waals surface area contributed by atoms with Crippen molar-refractivity contribution < 1.29 is 12.4 Å². The molecular formula is C19H17ClS. The topological polar surface area (TPSA) is 0 Å². The van der Waals surface area contributed by atoms with Crippen LogP contribution in [0.1, 0.15) is 5.56 Å². The van der Waals surface area contributed by atoms with E-state index in [9.17, 15) is 0 Å². The number of hydrogen-bond donors (Lipinski definition) is 0. The fourth-order valence-electron chi connectivity index (χ4n) is 2.21. The minimum atomic E-state index is 0. The molecule has 0 unspecified atom stereocenters. The van der Waals surface area contributed by atoms with Gasteiger partial charge in [-0.15, -0.1) is 0 Å². The summed E-state index contributed by atoms with van der Waals surface area (Å²) in [6.07, 6.45) is 0. The summed E-state index contributed by atoms with van der Waals surface area (Å²) in [5, 5.41) is 0. The standard InChI is InChI=1S/C19H17S.ClH/c1-4-10-17(11-5-1)16-20(18-12-6-2-7-13-18)19-14-8-3-9-15-19;/h1-15H,16H2;1H/q+1;/p-1. The van der Waals surface area contributed by atoms with Gasteiger partial charge >= 0.3 is 0 Å². The molecule has 0 amide bonds. The van der Waals surface area contributed by atoms with Gasteiger partial charge in [-0.1, -0.05) is 66.7 Å². The van der Waals surface area contributed by atoms with E-state index in [0.29, 0.717) is 0 Å². The second-order valence-electron chi connectivity index (χ2n) is 4.65. The Balaban J connectivity index is 0.00000161. The lowest BCUT2D eigenvalue weighted by Crippen LogP contribution is -3.00. The Hall–Kier alpha value is -1.70. The van der Waals surface area contributed by atoms with Crippen LogP contribution >= 0.6 is 0 Å². The van der Waals surface area contributed by atoms with Gasteiger partial charge in [0, 0.05) is 5.56 Å². The molecule has 3 aromatic rings. The van der Waals surface area contributed by atoms with Crippen LogP contribution in [0.25, 0.3) is 0 Å². The lowest BCUT2D eigenvalue weighted by Gasteiger charge is -2.08. The normalized spacial score (nSPS) is 10.1. The Morgan fingerprint density at radius 1 is 0.524 bits per heavy atom. The maximum atomic E-state index is 2.24. The average molecular weight is 313 g/mol. The molecule has 0 spiro atoms. The van der Waals surface area contributed by atoms with Gasteiger partial charge in [-0.3, -0.25) is 0 Å². The smallest absolute Gasteiger partial charge is 0.161 e. The van der Waals surface area contributed by atoms with E-state index in [2.05, 4.69) is 91.0 Å². The molecule has 0 nitrogen and oxygen atoms in total. The van der Waals surface area contributed by atoms with Gasteiger partial charge in [0.15, 0.2) is 9.79 Å². The van der Waals surface area contributed by atoms with E-state index in [4.69, 9.17) is 0 Å². The van der Waals surface area contributed by atoms with Crippen molar-refractivity contribution in [2.24, 2.45) is 0 Å². The highest BCUT2D eigenvalue weighted by Crippen LogP contribution is 2.26. The molecule has 0 saturated carbocycles. The quantitative estimate of drug-likeness (QED) is 0.646. The number of hydrogen-bond acceptors (Lipinski definition) is 0. The molecule has 0 N–H and O–H groups in total. The Morgan fingerprint density at radius 3 is 1.33 bits per heavy atom. The highest BCUT2D eigenvalue weighted by molar-refractivity contribution is 7.96. The highest BCUT2D eigenvalue weighted by atomic mass is 35.5. The zero-order chi connectivity index (χ0) is 13.6. The zero-order valence-electron chi connectivity index (χ0n) is 11.7. The third-order valence-electron chi connectivity index (χ3n) is 3.21. The Kier molecular flexibility index (Phi) is 5.91. The van der Waals surface area contributed by atoms with Crippen LogP contribution in [0.2, 0.25) is 0 Å². The molecule has 0 saturated heterocycles. The van der Waals surface area contributed by atoms with E-state index >= 15 is 0 Å². The molecule has 106 valence electrons. The van der Waals surface area contributed by atoms with Gasteiger partial charge in [-0.25, -0.2) is 0 Å². The monoisotopic (exact) mass is 312 g/mol. The SMILES string of the molecule is [Cl-].c1ccc(C[S+](c2ccccc2)c2ccccc2)cc1. The van der Waals surface area contributed by atoms with Crippen molar-refractivity contribution in [2.45, 2.75) is 15.5 Å². The van der Waals surface area contributed by atoms with Crippen molar-refractivity contribution in [1.29, 1.82) is 0 Å². The molecule has 0 aliphatic carbocycles. The zero-order valence-corrected chi connectivity index (χ0v) is 13.2. The minimum absolute atomic E-state index is 0. The average Bonchev–Trinajstić information content (AvgIpc) is 2.55. The van der Waals surface area contributed by atoms with Crippen LogP contribution in [0.15, 0.2) is 101 Å². The first-order valence-electron chi connectivity index (χ1n) is 6.78. The third kappa shape index (κ3) is 4.13. The van der Waals surface area contributed by atoms with Crippen molar-refractivity contribution >= 4 is 10.9 Å². The Morgan fingerprint density at radius 2 is 0.905 bits per heavy atom. The van der Waals surface area contributed by atoms with Crippen LogP contribution in [-0.4, -0.2) is 0 Å². The Bertz CT molecular complexity index is 599. The van der Waals surface area contributed by atoms with E-state index in [0.717, 1.165) is 5.75 Å². The lowest BCUT2D eigenvalue weighted by molar-refractivity contribution is -0.00000397. The van der Waals surface area contributed by atoms with Crippen molar-refractivity contribution in [2.75, 3.05) is 0 Å². The van der Waals surface area contributed by atoms with Crippen molar-refractivity contribution in [3.63, 3.8) is 0 Å². The van der Waals surface area contributed by atoms with Crippen LogP contribution < -0.4 is 12.4 Å². The molecule has 0 aliphatic heterocycles. The highest BCUT2D eigenvalue weighted by Gasteiger charge is 2.24. The maximum absolute atomic E-state index is 2.24. The van der Waals surface area contributed by atoms with E-state index in [-0.39, 0.29) is 23.3 Å². The van der Waals surface area contributed by atoms with E-state index in [1.54, 1.807) is 0 Å². The summed E-state index contributed by atoms with van der Waals surface area (Å²) < 4.78 is 0. The van der Waals surface area contributed by atoms with E-state index in [1.807, 2.05) is 0 Å². The summed E-state index contributed by atoms with van der Waals surface area (Å²) in [4.78, 5) is 2.81. The van der Waals surface area contributed by atoms with Gasteiger partial charge in [0.2, 0.25) is 0 Å². The van der Waals surface area contributed by atoms with Crippen molar-refractivity contribution in [3.8, 4) is 0 Å². The van der Waals surface area contributed by atoms with Crippen molar-refractivity contribution in [1.82, 2.24) is 0 Å². The largest absolute Gasteiger partial charge is 1.00 e. The van der Waals surface area contributed by atoms with Gasteiger partial charge in [0.25, 0.3) is 0 Å². The summed E-state index contributed by atoms with van der Waals surface area (Å²) in [5.41, 5.74) is 1.39. The summed E-state index contributed by atoms with van der Waals surface area (Å²) >= 11 is 0. The van der Waals surface area contributed by atoms with Gasteiger partial charge in [0.05, 0.1) is 10.9 Å². The first-order valence-corrected chi connectivity index (χ1v) is 8.18. The van der Waals surface area contributed by atoms with Crippen LogP contribution in [-0.2, 0) is 16.6 Å². The lowest BCUT2D eigenvalue weighted by atomic mass is 10.2. The van der Waals surface area contributed by atoms with Crippen molar-refractivity contribution in [3.05, 3.63) is 96.6 Å². The number of benzene rings is 3. The van der Waals surface area contributed by atoms with Gasteiger partial charge in [0.1, 0.15) is 5.75 Å². The summed E-state index contributed by atoms with van der Waals surface area (Å²) in [6.45, 7) is 0. The second kappa shape index (κ2) is 7.92. The minimum Gasteiger partial charge on any atom is -1.00 e. The molecular weight excluding hydrogens is 296 g/mol. The van der Waals surface area contributed by atoms with Crippen LogP contribution in [0, 0.1) is 0 Å². The maximum Gasteiger partial charge on any atom is 0.161 e. The van der Waals surface area contributed by atoms with E-state index < -0.39 is 0 Å². The van der Waals surface area contributed by atoms with Crippen LogP contribution in [0.3, 0.4) is 0 Å². The molecule has 3 rings (SSSR count). The van der Waals surface area contributed by atoms with Crippen LogP contribution in [0.4, 0.5) is 0 Å². The summed E-state index contributed by atoms with van der Waals surface area (Å²) in [5.74, 6) is 1.06. The first-order chi connectivity index (χ1) is 9.93. The molecule has 3 aromatic carbocycles. The molecule has 0 aromatic heterocycles. The van der Waals surface area contributed by atoms with E-state index in [1.165, 1.54) is 15.4 Å². The fourth-order valence-corrected chi connectivity index (χ4v) is 4.32. The van der Waals surface area contributed by atoms with Gasteiger partial charge in [-0.05, 0) is 24.3 Å². The summed E-state index contributed by atoms with van der Waals surface area (Å²) in [6, 6.07) is 32.4. The predicted octanol–water partition coefficient (Wildman–Crippen LogP) is 1.93. The van der Waals surface area contributed by atoms with Gasteiger partial charge < -0.3 is 12.4 Å². The number of halogens is 1. The van der Waals surface area contributed by atoms with Gasteiger partial charge in [-0.2, -0.15) is 0 Å². The molecule has 0 aliphatic rings. The third-order valence-corrected chi connectivity index (χ3v) is 5.51. The second-order valence-corrected chi connectivity index (χ2v) is 6.66. The molecule has 2 heteroatoms. The fraction of sp³-hybridized carbons (Fsp3) is 0.0526. The Labute approximate surface area is 135 Å². The summed E-state index contributed by atoms with van der Waals surface area (Å²) in [7, 11) is 0.0978. The molecule has 0 atom stereocenters. The molecule has 0 fully saturated rings. The molecule has 21 heavy (non-hydrogen) atoms. The molecule has 0 heterocycles. The van der Waals surface area contributed by atoms with Crippen LogP contribution in [0.5, 0.6) is 0 Å². The first kappa shape index (κ1) is 15.7. The predicted molar refractivity (Wildman–Crippen MR) is 86.9 cm³/mol.